The number of rotatable bonds is 7. The molecule has 0 bridgehead atoms. The van der Waals surface area contributed by atoms with Crippen LogP contribution in [0.5, 0.6) is 0 Å². The highest BCUT2D eigenvalue weighted by Crippen LogP contribution is 2.22. The molecule has 0 spiro atoms. The van der Waals surface area contributed by atoms with Gasteiger partial charge in [0.05, 0.1) is 18.3 Å². The lowest BCUT2D eigenvalue weighted by atomic mass is 10.0. The molecule has 0 aliphatic carbocycles. The van der Waals surface area contributed by atoms with Crippen LogP contribution in [0, 0.1) is 6.92 Å². The fourth-order valence-electron chi connectivity index (χ4n) is 3.39. The van der Waals surface area contributed by atoms with E-state index in [9.17, 15) is 4.79 Å². The lowest BCUT2D eigenvalue weighted by Gasteiger charge is -2.15. The van der Waals surface area contributed by atoms with Gasteiger partial charge in [0.1, 0.15) is 5.82 Å². The van der Waals surface area contributed by atoms with E-state index in [0.717, 1.165) is 16.5 Å². The first-order chi connectivity index (χ1) is 14.6. The Kier molecular flexibility index (Phi) is 6.14. The molecule has 1 N–H and O–H groups in total. The van der Waals surface area contributed by atoms with E-state index in [1.807, 2.05) is 48.7 Å². The molecule has 1 atom stereocenters. The van der Waals surface area contributed by atoms with Gasteiger partial charge in [-0.2, -0.15) is 0 Å². The van der Waals surface area contributed by atoms with Gasteiger partial charge in [-0.25, -0.2) is 0 Å². The third-order valence-electron chi connectivity index (χ3n) is 5.07. The van der Waals surface area contributed by atoms with Gasteiger partial charge in [0.2, 0.25) is 5.91 Å². The zero-order valence-electron chi connectivity index (χ0n) is 17.1. The Labute approximate surface area is 180 Å². The zero-order chi connectivity index (χ0) is 20.9. The second-order valence-corrected chi connectivity index (χ2v) is 8.23. The van der Waals surface area contributed by atoms with Crippen molar-refractivity contribution in [2.75, 3.05) is 5.75 Å². The standard InChI is InChI=1S/C24H24N4OS/c1-17(21-13-12-20-10-6-7-11-22(20)14-21)25-23(29)16-30-24-27-26-18(2)28(24)15-19-8-4-3-5-9-19/h3-14,17H,15-16H2,1-2H3,(H,25,29). The number of hydrogen-bond donors (Lipinski definition) is 1. The van der Waals surface area contributed by atoms with Crippen LogP contribution in [-0.2, 0) is 11.3 Å². The summed E-state index contributed by atoms with van der Waals surface area (Å²) in [5.74, 6) is 1.11. The topological polar surface area (TPSA) is 59.8 Å². The van der Waals surface area contributed by atoms with E-state index < -0.39 is 0 Å². The van der Waals surface area contributed by atoms with Crippen molar-refractivity contribution in [1.29, 1.82) is 0 Å². The van der Waals surface area contributed by atoms with Crippen molar-refractivity contribution in [1.82, 2.24) is 20.1 Å². The van der Waals surface area contributed by atoms with E-state index in [-0.39, 0.29) is 11.9 Å². The van der Waals surface area contributed by atoms with E-state index in [2.05, 4.69) is 58.0 Å². The van der Waals surface area contributed by atoms with Crippen molar-refractivity contribution in [3.05, 3.63) is 89.7 Å². The Morgan fingerprint density at radius 2 is 1.73 bits per heavy atom. The van der Waals surface area contributed by atoms with Crippen LogP contribution in [0.25, 0.3) is 10.8 Å². The molecule has 0 saturated carbocycles. The minimum Gasteiger partial charge on any atom is -0.349 e. The van der Waals surface area contributed by atoms with Gasteiger partial charge in [0, 0.05) is 0 Å². The van der Waals surface area contributed by atoms with Crippen molar-refractivity contribution in [3.63, 3.8) is 0 Å². The summed E-state index contributed by atoms with van der Waals surface area (Å²) in [4.78, 5) is 12.6. The summed E-state index contributed by atoms with van der Waals surface area (Å²) in [7, 11) is 0. The summed E-state index contributed by atoms with van der Waals surface area (Å²) in [6.45, 7) is 4.63. The first-order valence-corrected chi connectivity index (χ1v) is 10.9. The fourth-order valence-corrected chi connectivity index (χ4v) is 4.18. The van der Waals surface area contributed by atoms with Crippen LogP contribution in [0.3, 0.4) is 0 Å². The third kappa shape index (κ3) is 4.71. The van der Waals surface area contributed by atoms with E-state index in [0.29, 0.717) is 12.3 Å². The molecule has 0 aliphatic rings. The van der Waals surface area contributed by atoms with Crippen molar-refractivity contribution >= 4 is 28.4 Å². The Hall–Kier alpha value is -3.12. The highest BCUT2D eigenvalue weighted by atomic mass is 32.2. The molecule has 0 radical (unpaired) electrons. The molecule has 0 aliphatic heterocycles. The minimum absolute atomic E-state index is 0.0208. The Balaban J connectivity index is 1.37. The average Bonchev–Trinajstić information content (AvgIpc) is 3.12. The summed E-state index contributed by atoms with van der Waals surface area (Å²) in [6, 6.07) is 24.7. The van der Waals surface area contributed by atoms with Crippen LogP contribution in [0.15, 0.2) is 78.0 Å². The maximum Gasteiger partial charge on any atom is 0.230 e. The maximum absolute atomic E-state index is 12.6. The third-order valence-corrected chi connectivity index (χ3v) is 6.04. The molecule has 0 saturated heterocycles. The lowest BCUT2D eigenvalue weighted by molar-refractivity contribution is -0.119. The number of amides is 1. The van der Waals surface area contributed by atoms with Crippen LogP contribution in [-0.4, -0.2) is 26.4 Å². The average molecular weight is 417 g/mol. The molecule has 4 rings (SSSR count). The van der Waals surface area contributed by atoms with E-state index >= 15 is 0 Å². The van der Waals surface area contributed by atoms with Gasteiger partial charge in [-0.15, -0.1) is 10.2 Å². The molecule has 5 nitrogen and oxygen atoms in total. The van der Waals surface area contributed by atoms with Crippen molar-refractivity contribution < 1.29 is 4.79 Å². The van der Waals surface area contributed by atoms with Crippen LogP contribution < -0.4 is 5.32 Å². The highest BCUT2D eigenvalue weighted by molar-refractivity contribution is 7.99. The fraction of sp³-hybridized carbons (Fsp3) is 0.208. The van der Waals surface area contributed by atoms with Gasteiger partial charge in [-0.1, -0.05) is 78.5 Å². The lowest BCUT2D eigenvalue weighted by Crippen LogP contribution is -2.28. The molecule has 152 valence electrons. The summed E-state index contributed by atoms with van der Waals surface area (Å²) < 4.78 is 2.04. The SMILES string of the molecule is Cc1nnc(SCC(=O)NC(C)c2ccc3ccccc3c2)n1Cc1ccccc1. The van der Waals surface area contributed by atoms with E-state index in [1.54, 1.807) is 0 Å². The first-order valence-electron chi connectivity index (χ1n) is 9.95. The van der Waals surface area contributed by atoms with Crippen LogP contribution in [0.1, 0.15) is 29.9 Å². The van der Waals surface area contributed by atoms with Crippen LogP contribution >= 0.6 is 11.8 Å². The molecule has 1 amide bonds. The zero-order valence-corrected chi connectivity index (χ0v) is 17.9. The quantitative estimate of drug-likeness (QED) is 0.442. The normalized spacial score (nSPS) is 12.1. The van der Waals surface area contributed by atoms with Crippen LogP contribution in [0.4, 0.5) is 0 Å². The van der Waals surface area contributed by atoms with E-state index in [4.69, 9.17) is 0 Å². The smallest absolute Gasteiger partial charge is 0.230 e. The summed E-state index contributed by atoms with van der Waals surface area (Å²) in [6.07, 6.45) is 0. The number of hydrogen-bond acceptors (Lipinski definition) is 4. The second-order valence-electron chi connectivity index (χ2n) is 7.29. The predicted molar refractivity (Wildman–Crippen MR) is 122 cm³/mol. The Morgan fingerprint density at radius 3 is 2.53 bits per heavy atom. The van der Waals surface area contributed by atoms with Gasteiger partial charge in [-0.3, -0.25) is 4.79 Å². The largest absolute Gasteiger partial charge is 0.349 e. The van der Waals surface area contributed by atoms with E-state index in [1.165, 1.54) is 28.1 Å². The van der Waals surface area contributed by atoms with Crippen molar-refractivity contribution in [2.45, 2.75) is 31.6 Å². The molecule has 1 aromatic heterocycles. The Bertz CT molecular complexity index is 1160. The van der Waals surface area contributed by atoms with Gasteiger partial charge >= 0.3 is 0 Å². The molecule has 3 aromatic carbocycles. The maximum atomic E-state index is 12.6. The molecule has 4 aromatic rings. The van der Waals surface area contributed by atoms with Gasteiger partial charge in [-0.05, 0) is 41.8 Å². The number of nitrogens with one attached hydrogen (secondary N) is 1. The highest BCUT2D eigenvalue weighted by Gasteiger charge is 2.14. The van der Waals surface area contributed by atoms with Crippen molar-refractivity contribution in [2.24, 2.45) is 0 Å². The number of nitrogens with zero attached hydrogens (tertiary/aromatic N) is 3. The molecular formula is C24H24N4OS. The molecule has 1 unspecified atom stereocenters. The first kappa shape index (κ1) is 20.2. The second kappa shape index (κ2) is 9.13. The number of benzene rings is 3. The molecule has 30 heavy (non-hydrogen) atoms. The number of thioether (sulfide) groups is 1. The molecule has 1 heterocycles. The minimum atomic E-state index is -0.0633. The summed E-state index contributed by atoms with van der Waals surface area (Å²) in [5.41, 5.74) is 2.27. The number of carbonyl (C=O) groups is 1. The number of aryl methyl sites for hydroxylation is 1. The number of carbonyl (C=O) groups excluding carboxylic acids is 1. The van der Waals surface area contributed by atoms with Gasteiger partial charge in [0.25, 0.3) is 0 Å². The Morgan fingerprint density at radius 1 is 1.00 bits per heavy atom. The van der Waals surface area contributed by atoms with Gasteiger partial charge < -0.3 is 9.88 Å². The molecule has 6 heteroatoms. The molecular weight excluding hydrogens is 392 g/mol. The van der Waals surface area contributed by atoms with Gasteiger partial charge in [0.15, 0.2) is 5.16 Å². The number of fused-ring (bicyclic) bond motifs is 1. The predicted octanol–water partition coefficient (Wildman–Crippen LogP) is 4.76. The molecule has 0 fully saturated rings. The summed E-state index contributed by atoms with van der Waals surface area (Å²) >= 11 is 1.41. The van der Waals surface area contributed by atoms with Crippen molar-refractivity contribution in [3.8, 4) is 0 Å². The van der Waals surface area contributed by atoms with Crippen LogP contribution in [0.2, 0.25) is 0 Å². The summed E-state index contributed by atoms with van der Waals surface area (Å²) in [5, 5.41) is 14.7. The number of aromatic nitrogens is 3. The monoisotopic (exact) mass is 416 g/mol.